The van der Waals surface area contributed by atoms with Gasteiger partial charge in [0.1, 0.15) is 6.10 Å². The normalized spacial score (nSPS) is 12.0. The highest BCUT2D eigenvalue weighted by atomic mass is 16.6. The summed E-state index contributed by atoms with van der Waals surface area (Å²) < 4.78 is 10.9. The predicted molar refractivity (Wildman–Crippen MR) is 146 cm³/mol. The number of Topliss-reactive ketones (excluding diaryl/α,β-unsaturated/α-hetero) is 1. The maximum Gasteiger partial charge on any atom is 0.412 e. The Morgan fingerprint density at radius 1 is 1.00 bits per heavy atom. The van der Waals surface area contributed by atoms with Gasteiger partial charge in [-0.25, -0.2) is 4.79 Å². The second-order valence-corrected chi connectivity index (χ2v) is 9.21. The molecule has 0 radical (unpaired) electrons. The molecule has 0 aliphatic heterocycles. The monoisotopic (exact) mass is 517 g/mol. The molecule has 0 heterocycles. The summed E-state index contributed by atoms with van der Waals surface area (Å²) in [6.45, 7) is 5.03. The van der Waals surface area contributed by atoms with Crippen molar-refractivity contribution < 1.29 is 29.0 Å². The Morgan fingerprint density at radius 2 is 1.68 bits per heavy atom. The van der Waals surface area contributed by atoms with Gasteiger partial charge < -0.3 is 25.6 Å². The molecule has 0 aliphatic rings. The van der Waals surface area contributed by atoms with Gasteiger partial charge in [-0.3, -0.25) is 14.9 Å². The van der Waals surface area contributed by atoms with Crippen LogP contribution in [0.4, 0.5) is 21.9 Å². The number of benzene rings is 3. The summed E-state index contributed by atoms with van der Waals surface area (Å²) in [7, 11) is 1.43. The van der Waals surface area contributed by atoms with Gasteiger partial charge in [-0.2, -0.15) is 0 Å². The van der Waals surface area contributed by atoms with Gasteiger partial charge in [0.2, 0.25) is 5.91 Å². The largest absolute Gasteiger partial charge is 0.504 e. The van der Waals surface area contributed by atoms with Crippen molar-refractivity contribution in [3.8, 4) is 11.5 Å². The number of nitrogens with two attached hydrogens (primary N) is 1. The first-order valence-corrected chi connectivity index (χ1v) is 11.8. The molecule has 5 N–H and O–H groups in total. The third-order valence-corrected chi connectivity index (χ3v) is 5.83. The van der Waals surface area contributed by atoms with Gasteiger partial charge in [-0.15, -0.1) is 0 Å². The lowest BCUT2D eigenvalue weighted by molar-refractivity contribution is -0.112. The van der Waals surface area contributed by atoms with Crippen LogP contribution < -0.4 is 21.1 Å². The number of amides is 2. The average Bonchev–Trinajstić information content (AvgIpc) is 2.87. The van der Waals surface area contributed by atoms with Crippen LogP contribution in [0.3, 0.4) is 0 Å². The Bertz CT molecular complexity index is 1350. The number of aromatic hydroxyl groups is 1. The minimum Gasteiger partial charge on any atom is -0.504 e. The maximum absolute atomic E-state index is 12.9. The first-order valence-electron chi connectivity index (χ1n) is 11.8. The molecule has 0 bridgehead atoms. The molecular formula is C29H31N3O6. The molecule has 0 spiro atoms. The second-order valence-electron chi connectivity index (χ2n) is 9.21. The number of ketones is 1. The van der Waals surface area contributed by atoms with Crippen molar-refractivity contribution in [1.29, 1.82) is 0 Å². The topological polar surface area (TPSA) is 140 Å². The Morgan fingerprint density at radius 3 is 2.29 bits per heavy atom. The lowest BCUT2D eigenvalue weighted by Gasteiger charge is -2.32. The number of ether oxygens (including phenoxy) is 2. The van der Waals surface area contributed by atoms with E-state index in [-0.39, 0.29) is 17.3 Å². The third kappa shape index (κ3) is 7.13. The highest BCUT2D eigenvalue weighted by Gasteiger charge is 2.33. The summed E-state index contributed by atoms with van der Waals surface area (Å²) in [5.41, 5.74) is 7.32. The van der Waals surface area contributed by atoms with Crippen molar-refractivity contribution in [2.45, 2.75) is 26.9 Å². The van der Waals surface area contributed by atoms with Crippen LogP contribution in [0, 0.1) is 5.41 Å². The molecule has 198 valence electrons. The van der Waals surface area contributed by atoms with E-state index < -0.39 is 23.5 Å². The zero-order valence-corrected chi connectivity index (χ0v) is 21.6. The van der Waals surface area contributed by atoms with Crippen LogP contribution in [0.2, 0.25) is 0 Å². The molecule has 0 aromatic heterocycles. The molecule has 3 aromatic rings. The summed E-state index contributed by atoms with van der Waals surface area (Å²) in [5.74, 6) is -0.375. The van der Waals surface area contributed by atoms with E-state index >= 15 is 0 Å². The van der Waals surface area contributed by atoms with E-state index in [1.54, 1.807) is 80.6 Å². The van der Waals surface area contributed by atoms with Crippen LogP contribution in [0.5, 0.6) is 11.5 Å². The summed E-state index contributed by atoms with van der Waals surface area (Å²) in [6.07, 6.45) is 1.28. The predicted octanol–water partition coefficient (Wildman–Crippen LogP) is 5.70. The second kappa shape index (κ2) is 12.0. The Hall–Kier alpha value is -4.79. The Balaban J connectivity index is 1.84. The van der Waals surface area contributed by atoms with Crippen molar-refractivity contribution in [2.75, 3.05) is 23.5 Å². The summed E-state index contributed by atoms with van der Waals surface area (Å²) in [6, 6.07) is 17.9. The molecule has 0 unspecified atom stereocenters. The summed E-state index contributed by atoms with van der Waals surface area (Å²) >= 11 is 0. The lowest BCUT2D eigenvalue weighted by Crippen LogP contribution is -2.28. The van der Waals surface area contributed by atoms with Gasteiger partial charge >= 0.3 is 6.09 Å². The number of phenolic OH excluding ortho intramolecular Hbond substituents is 1. The van der Waals surface area contributed by atoms with Crippen molar-refractivity contribution >= 4 is 34.8 Å². The highest BCUT2D eigenvalue weighted by Crippen LogP contribution is 2.41. The first-order chi connectivity index (χ1) is 18.0. The third-order valence-electron chi connectivity index (χ3n) is 5.83. The highest BCUT2D eigenvalue weighted by molar-refractivity contribution is 6.01. The Kier molecular flexibility index (Phi) is 8.75. The van der Waals surface area contributed by atoms with E-state index in [4.69, 9.17) is 15.2 Å². The molecule has 0 saturated carbocycles. The van der Waals surface area contributed by atoms with Gasteiger partial charge in [0.25, 0.3) is 0 Å². The van der Waals surface area contributed by atoms with E-state index in [0.29, 0.717) is 28.2 Å². The number of rotatable bonds is 9. The molecular weight excluding hydrogens is 486 g/mol. The minimum absolute atomic E-state index is 0.0916. The molecule has 38 heavy (non-hydrogen) atoms. The summed E-state index contributed by atoms with van der Waals surface area (Å²) in [4.78, 5) is 37.0. The lowest BCUT2D eigenvalue weighted by atomic mass is 9.82. The number of hydrogen-bond acceptors (Lipinski definition) is 7. The molecule has 3 aromatic carbocycles. The summed E-state index contributed by atoms with van der Waals surface area (Å²) in [5, 5.41) is 15.7. The molecule has 0 fully saturated rings. The van der Waals surface area contributed by atoms with Crippen LogP contribution in [-0.4, -0.2) is 30.0 Å². The van der Waals surface area contributed by atoms with Gasteiger partial charge in [-0.05, 0) is 67.1 Å². The molecule has 9 nitrogen and oxygen atoms in total. The van der Waals surface area contributed by atoms with E-state index in [2.05, 4.69) is 10.6 Å². The van der Waals surface area contributed by atoms with E-state index in [1.165, 1.54) is 26.2 Å². The number of methoxy groups -OCH3 is 1. The molecule has 0 aliphatic carbocycles. The molecule has 0 saturated heterocycles. The van der Waals surface area contributed by atoms with Crippen LogP contribution in [0.15, 0.2) is 78.9 Å². The zero-order chi connectivity index (χ0) is 27.9. The fraction of sp³-hybridized carbons (Fsp3) is 0.207. The van der Waals surface area contributed by atoms with E-state index in [9.17, 15) is 19.5 Å². The first kappa shape index (κ1) is 27.8. The average molecular weight is 518 g/mol. The number of nitrogens with one attached hydrogen (secondary N) is 2. The smallest absolute Gasteiger partial charge is 0.412 e. The fourth-order valence-electron chi connectivity index (χ4n) is 3.73. The minimum atomic E-state index is -0.915. The number of hydrogen-bond donors (Lipinski definition) is 4. The van der Waals surface area contributed by atoms with Crippen molar-refractivity contribution in [2.24, 2.45) is 5.41 Å². The van der Waals surface area contributed by atoms with Gasteiger partial charge in [0.05, 0.1) is 18.5 Å². The quantitative estimate of drug-likeness (QED) is 0.162. The van der Waals surface area contributed by atoms with Crippen LogP contribution in [-0.2, 0) is 9.53 Å². The zero-order valence-electron chi connectivity index (χ0n) is 21.6. The molecule has 3 rings (SSSR count). The number of carbonyl (C=O) groups excluding carboxylic acids is 3. The number of nitrogen functional groups attached to an aromatic ring is 1. The molecule has 1 atom stereocenters. The Labute approximate surface area is 221 Å². The van der Waals surface area contributed by atoms with Crippen molar-refractivity contribution in [3.63, 3.8) is 0 Å². The molecule has 2 amide bonds. The number of carbonyl (C=O) groups is 3. The maximum atomic E-state index is 12.9. The SMILES string of the molecule is COc1ccc([C@H](OC(=O)Nc2ccc(C(C)=O)cc2)C(C)(C)/C=C/C(=O)Nc2ccccc2N)cc1O. The van der Waals surface area contributed by atoms with Gasteiger partial charge in [0.15, 0.2) is 17.3 Å². The number of phenols is 1. The van der Waals surface area contributed by atoms with E-state index in [1.807, 2.05) is 0 Å². The standard InChI is InChI=1S/C29H31N3O6/c1-18(33)19-9-12-21(13-10-19)31-28(36)38-27(20-11-14-25(37-4)24(34)17-20)29(2,3)16-15-26(35)32-23-8-6-5-7-22(23)30/h5-17,27,34H,30H2,1-4H3,(H,31,36)(H,32,35)/b16-15+/t27-/m0/s1. The molecule has 9 heteroatoms. The number of anilines is 3. The van der Waals surface area contributed by atoms with Crippen molar-refractivity contribution in [1.82, 2.24) is 0 Å². The number of para-hydroxylation sites is 2. The van der Waals surface area contributed by atoms with Crippen LogP contribution in [0.25, 0.3) is 0 Å². The fourth-order valence-corrected chi connectivity index (χ4v) is 3.73. The van der Waals surface area contributed by atoms with Crippen molar-refractivity contribution in [3.05, 3.63) is 90.0 Å². The van der Waals surface area contributed by atoms with Crippen LogP contribution >= 0.6 is 0 Å². The van der Waals surface area contributed by atoms with E-state index in [0.717, 1.165) is 0 Å². The van der Waals surface area contributed by atoms with Gasteiger partial charge in [-0.1, -0.05) is 38.1 Å². The van der Waals surface area contributed by atoms with Gasteiger partial charge in [0, 0.05) is 16.7 Å². The van der Waals surface area contributed by atoms with Crippen LogP contribution in [0.1, 0.15) is 42.8 Å².